The van der Waals surface area contributed by atoms with Crippen molar-refractivity contribution in [3.8, 4) is 0 Å². The molecule has 0 bridgehead atoms. The molecule has 3 heterocycles. The fraction of sp³-hybridized carbons (Fsp3) is 0.462. The lowest BCUT2D eigenvalue weighted by molar-refractivity contribution is 0.0816. The van der Waals surface area contributed by atoms with Crippen LogP contribution in [0.5, 0.6) is 0 Å². The summed E-state index contributed by atoms with van der Waals surface area (Å²) in [6.45, 7) is 1.14. The van der Waals surface area contributed by atoms with Gasteiger partial charge in [-0.25, -0.2) is 9.59 Å². The van der Waals surface area contributed by atoms with Crippen LogP contribution in [-0.2, 0) is 11.3 Å². The van der Waals surface area contributed by atoms with E-state index in [-0.39, 0.29) is 24.8 Å². The Balaban J connectivity index is 1.43. The van der Waals surface area contributed by atoms with Gasteiger partial charge in [-0.2, -0.15) is 0 Å². The molecule has 2 saturated heterocycles. The molecule has 8 nitrogen and oxygen atoms in total. The van der Waals surface area contributed by atoms with Gasteiger partial charge < -0.3 is 9.64 Å². The van der Waals surface area contributed by atoms with E-state index in [4.69, 9.17) is 9.73 Å². The van der Waals surface area contributed by atoms with E-state index in [0.29, 0.717) is 31.0 Å². The molecule has 1 atom stereocenters. The van der Waals surface area contributed by atoms with E-state index in [1.54, 1.807) is 22.2 Å². The van der Waals surface area contributed by atoms with Crippen LogP contribution in [0.3, 0.4) is 0 Å². The van der Waals surface area contributed by atoms with Crippen molar-refractivity contribution < 1.29 is 14.3 Å². The quantitative estimate of drug-likeness (QED) is 0.726. The molecule has 1 spiro atoms. The zero-order valence-corrected chi connectivity index (χ0v) is 19.4. The number of aliphatic imine (C=N–C) groups is 1. The second kappa shape index (κ2) is 9.83. The summed E-state index contributed by atoms with van der Waals surface area (Å²) >= 11 is 0. The Morgan fingerprint density at radius 3 is 2.71 bits per heavy atom. The molecule has 0 radical (unpaired) electrons. The minimum Gasteiger partial charge on any atom is -0.445 e. The van der Waals surface area contributed by atoms with Crippen LogP contribution in [0.15, 0.2) is 59.9 Å². The average molecular weight is 462 g/mol. The first-order chi connectivity index (χ1) is 16.7. The lowest BCUT2D eigenvalue weighted by Gasteiger charge is -2.44. The molecule has 1 saturated carbocycles. The van der Waals surface area contributed by atoms with Crippen LogP contribution in [0, 0.1) is 0 Å². The third-order valence-corrected chi connectivity index (χ3v) is 7.02. The number of hydrogen-bond acceptors (Lipinski definition) is 5. The van der Waals surface area contributed by atoms with Gasteiger partial charge in [-0.05, 0) is 43.4 Å². The maximum absolute atomic E-state index is 13.3. The number of pyridine rings is 1. The van der Waals surface area contributed by atoms with Crippen molar-refractivity contribution >= 4 is 23.6 Å². The molecule has 1 unspecified atom stereocenters. The summed E-state index contributed by atoms with van der Waals surface area (Å²) in [5.41, 5.74) is 0.895. The van der Waals surface area contributed by atoms with Gasteiger partial charge in [0.1, 0.15) is 18.0 Å². The molecule has 34 heavy (non-hydrogen) atoms. The number of anilines is 1. The number of ether oxygens (including phenoxy) is 1. The number of carbonyl (C=O) groups is 2. The smallest absolute Gasteiger partial charge is 0.410 e. The molecular formula is C26H31N5O3. The molecule has 1 N–H and O–H groups in total. The second-order valence-electron chi connectivity index (χ2n) is 9.34. The number of piperidine rings is 1. The van der Waals surface area contributed by atoms with Crippen molar-refractivity contribution in [3.05, 3.63) is 60.4 Å². The van der Waals surface area contributed by atoms with E-state index in [2.05, 4.69) is 10.3 Å². The molecule has 3 aliphatic rings. The molecule has 8 heteroatoms. The summed E-state index contributed by atoms with van der Waals surface area (Å²) in [7, 11) is 0. The summed E-state index contributed by atoms with van der Waals surface area (Å²) in [5.74, 6) is 0.675. The van der Waals surface area contributed by atoms with Crippen LogP contribution in [0.2, 0.25) is 0 Å². The first-order valence-corrected chi connectivity index (χ1v) is 12.2. The summed E-state index contributed by atoms with van der Waals surface area (Å²) in [4.78, 5) is 39.1. The first-order valence-electron chi connectivity index (χ1n) is 12.2. The van der Waals surface area contributed by atoms with Crippen LogP contribution in [-0.4, -0.2) is 52.5 Å². The van der Waals surface area contributed by atoms with Crippen molar-refractivity contribution in [1.82, 2.24) is 15.2 Å². The third kappa shape index (κ3) is 4.49. The predicted octanol–water partition coefficient (Wildman–Crippen LogP) is 4.51. The lowest BCUT2D eigenvalue weighted by atomic mass is 9.86. The number of likely N-dealkylation sites (tertiary alicyclic amines) is 1. The molecule has 1 aliphatic carbocycles. The molecule has 5 rings (SSSR count). The predicted molar refractivity (Wildman–Crippen MR) is 130 cm³/mol. The number of aromatic nitrogens is 1. The average Bonchev–Trinajstić information content (AvgIpc) is 3.13. The van der Waals surface area contributed by atoms with E-state index < -0.39 is 5.54 Å². The number of urea groups is 1. The molecule has 2 aliphatic heterocycles. The van der Waals surface area contributed by atoms with Crippen molar-refractivity contribution in [1.29, 1.82) is 0 Å². The Labute approximate surface area is 200 Å². The number of carbonyl (C=O) groups excluding carboxylic acids is 2. The summed E-state index contributed by atoms with van der Waals surface area (Å²) in [6, 6.07) is 13.3. The van der Waals surface area contributed by atoms with Gasteiger partial charge in [-0.15, -0.1) is 0 Å². The fourth-order valence-electron chi connectivity index (χ4n) is 5.35. The molecule has 2 aromatic rings. The number of rotatable bonds is 4. The van der Waals surface area contributed by atoms with Crippen LogP contribution in [0.4, 0.5) is 15.3 Å². The number of amides is 3. The highest BCUT2D eigenvalue weighted by Crippen LogP contribution is 2.37. The van der Waals surface area contributed by atoms with Gasteiger partial charge >= 0.3 is 12.1 Å². The van der Waals surface area contributed by atoms with Crippen molar-refractivity contribution in [2.45, 2.75) is 63.1 Å². The Bertz CT molecular complexity index is 1040. The minimum atomic E-state index is -0.748. The Morgan fingerprint density at radius 2 is 1.94 bits per heavy atom. The maximum atomic E-state index is 13.3. The normalized spacial score (nSPS) is 24.5. The van der Waals surface area contributed by atoms with Crippen molar-refractivity contribution in [2.24, 2.45) is 4.99 Å². The van der Waals surface area contributed by atoms with Crippen LogP contribution >= 0.6 is 0 Å². The van der Waals surface area contributed by atoms with E-state index >= 15 is 0 Å². The monoisotopic (exact) mass is 461 g/mol. The van der Waals surface area contributed by atoms with E-state index in [1.165, 1.54) is 6.42 Å². The highest BCUT2D eigenvalue weighted by Gasteiger charge is 2.54. The Kier molecular flexibility index (Phi) is 6.47. The molecule has 1 aromatic carbocycles. The number of hydrogen-bond donors (Lipinski definition) is 1. The molecule has 3 amide bonds. The number of amidine groups is 1. The SMILES string of the molecule is O=C(OCc1ccccc1)N1CCCC2(C1)C(=NC1CCCCC1)NC(=O)N2c1cccnc1. The van der Waals surface area contributed by atoms with Crippen molar-refractivity contribution in [3.63, 3.8) is 0 Å². The summed E-state index contributed by atoms with van der Waals surface area (Å²) < 4.78 is 5.63. The number of nitrogens with one attached hydrogen (secondary N) is 1. The summed E-state index contributed by atoms with van der Waals surface area (Å²) in [6.07, 6.45) is 10.1. The van der Waals surface area contributed by atoms with Gasteiger partial charge in [0, 0.05) is 12.7 Å². The molecule has 178 valence electrons. The highest BCUT2D eigenvalue weighted by atomic mass is 16.6. The van der Waals surface area contributed by atoms with Gasteiger partial charge in [0.05, 0.1) is 24.5 Å². The zero-order valence-electron chi connectivity index (χ0n) is 19.4. The van der Waals surface area contributed by atoms with Gasteiger partial charge in [0.15, 0.2) is 0 Å². The van der Waals surface area contributed by atoms with Gasteiger partial charge in [0.2, 0.25) is 0 Å². The third-order valence-electron chi connectivity index (χ3n) is 7.02. The Morgan fingerprint density at radius 1 is 1.12 bits per heavy atom. The fourth-order valence-corrected chi connectivity index (χ4v) is 5.35. The van der Waals surface area contributed by atoms with Gasteiger partial charge in [-0.1, -0.05) is 49.6 Å². The molecule has 3 fully saturated rings. The lowest BCUT2D eigenvalue weighted by Crippen LogP contribution is -2.61. The van der Waals surface area contributed by atoms with E-state index in [1.807, 2.05) is 42.5 Å². The van der Waals surface area contributed by atoms with Crippen LogP contribution in [0.1, 0.15) is 50.5 Å². The number of benzene rings is 1. The zero-order chi connectivity index (χ0) is 23.4. The van der Waals surface area contributed by atoms with Crippen molar-refractivity contribution in [2.75, 3.05) is 18.0 Å². The first kappa shape index (κ1) is 22.4. The van der Waals surface area contributed by atoms with Crippen LogP contribution in [0.25, 0.3) is 0 Å². The van der Waals surface area contributed by atoms with Crippen LogP contribution < -0.4 is 10.2 Å². The number of nitrogens with zero attached hydrogens (tertiary/aromatic N) is 4. The summed E-state index contributed by atoms with van der Waals surface area (Å²) in [5, 5.41) is 3.06. The Hall–Kier alpha value is -3.42. The molecule has 1 aromatic heterocycles. The topological polar surface area (TPSA) is 87.1 Å². The minimum absolute atomic E-state index is 0.204. The van der Waals surface area contributed by atoms with E-state index in [0.717, 1.165) is 37.7 Å². The second-order valence-corrected chi connectivity index (χ2v) is 9.34. The largest absolute Gasteiger partial charge is 0.445 e. The van der Waals surface area contributed by atoms with E-state index in [9.17, 15) is 9.59 Å². The van der Waals surface area contributed by atoms with Gasteiger partial charge in [0.25, 0.3) is 0 Å². The highest BCUT2D eigenvalue weighted by molar-refractivity contribution is 6.19. The molecular weight excluding hydrogens is 430 g/mol. The standard InChI is InChI=1S/C26H31N5O3/c32-24-29-23(28-21-11-5-2-6-12-21)26(31(24)22-13-7-15-27-17-22)14-8-16-30(19-26)25(33)34-18-20-9-3-1-4-10-20/h1,3-4,7,9-10,13,15,17,21H,2,5-6,8,11-12,14,16,18-19H2,(H,28,29,32). The maximum Gasteiger partial charge on any atom is 0.410 e. The van der Waals surface area contributed by atoms with Gasteiger partial charge in [-0.3, -0.25) is 20.2 Å².